The van der Waals surface area contributed by atoms with Crippen molar-refractivity contribution >= 4 is 5.78 Å². The second-order valence-electron chi connectivity index (χ2n) is 3.71. The van der Waals surface area contributed by atoms with Crippen molar-refractivity contribution in [1.82, 2.24) is 0 Å². The van der Waals surface area contributed by atoms with Crippen LogP contribution < -0.4 is 5.73 Å². The number of Topliss-reactive ketones (excluding diaryl/α,β-unsaturated/α-hetero) is 1. The highest BCUT2D eigenvalue weighted by molar-refractivity contribution is 5.78. The van der Waals surface area contributed by atoms with Crippen LogP contribution in [0.15, 0.2) is 0 Å². The van der Waals surface area contributed by atoms with Gasteiger partial charge in [-0.25, -0.2) is 0 Å². The molecule has 0 amide bonds. The fourth-order valence-electron chi connectivity index (χ4n) is 0.988. The number of carbonyl (C=O) groups excluding carboxylic acids is 1. The summed E-state index contributed by atoms with van der Waals surface area (Å²) >= 11 is 0. The predicted octanol–water partition coefficient (Wildman–Crippen LogP) is 1.73. The molecule has 0 saturated heterocycles. The second kappa shape index (κ2) is 6.68. The number of rotatable bonds is 6. The van der Waals surface area contributed by atoms with E-state index < -0.39 is 0 Å². The molecule has 2 nitrogen and oxygen atoms in total. The lowest BCUT2D eigenvalue weighted by atomic mass is 9.98. The Labute approximate surface area is 80.9 Å². The molecule has 0 heterocycles. The lowest BCUT2D eigenvalue weighted by Gasteiger charge is -2.13. The minimum atomic E-state index is -0.00154. The molecule has 0 aromatic heterocycles. The van der Waals surface area contributed by atoms with Gasteiger partial charge in [0.05, 0.1) is 0 Å². The lowest BCUT2D eigenvalue weighted by Crippen LogP contribution is -2.29. The summed E-state index contributed by atoms with van der Waals surface area (Å²) in [6.45, 7) is 4.05. The molecule has 0 fully saturated rings. The number of carbonyl (C=O) groups is 1. The highest BCUT2D eigenvalue weighted by Crippen LogP contribution is 2.06. The molecule has 0 bridgehead atoms. The molecule has 13 heavy (non-hydrogen) atoms. The number of terminal acetylenes is 1. The van der Waals surface area contributed by atoms with E-state index in [1.54, 1.807) is 0 Å². The van der Waals surface area contributed by atoms with E-state index in [1.807, 2.05) is 13.8 Å². The Morgan fingerprint density at radius 1 is 1.54 bits per heavy atom. The van der Waals surface area contributed by atoms with Gasteiger partial charge in [0.25, 0.3) is 0 Å². The molecule has 0 rings (SSSR count). The van der Waals surface area contributed by atoms with Crippen LogP contribution >= 0.6 is 0 Å². The summed E-state index contributed by atoms with van der Waals surface area (Å²) in [4.78, 5) is 11.3. The zero-order valence-electron chi connectivity index (χ0n) is 8.55. The van der Waals surface area contributed by atoms with Gasteiger partial charge in [-0.05, 0) is 12.3 Å². The van der Waals surface area contributed by atoms with E-state index in [0.29, 0.717) is 25.2 Å². The maximum atomic E-state index is 11.3. The van der Waals surface area contributed by atoms with Gasteiger partial charge in [-0.15, -0.1) is 12.3 Å². The van der Waals surface area contributed by atoms with Gasteiger partial charge in [0.15, 0.2) is 0 Å². The van der Waals surface area contributed by atoms with Gasteiger partial charge < -0.3 is 5.73 Å². The Hall–Kier alpha value is -0.810. The Bertz CT molecular complexity index is 191. The molecule has 0 aliphatic heterocycles. The van der Waals surface area contributed by atoms with Gasteiger partial charge in [0, 0.05) is 25.3 Å². The predicted molar refractivity (Wildman–Crippen MR) is 55.1 cm³/mol. The minimum absolute atomic E-state index is 0.00154. The first kappa shape index (κ1) is 12.2. The van der Waals surface area contributed by atoms with E-state index in [-0.39, 0.29) is 11.8 Å². The molecule has 0 aromatic rings. The van der Waals surface area contributed by atoms with Crippen LogP contribution in [0.25, 0.3) is 0 Å². The van der Waals surface area contributed by atoms with Gasteiger partial charge in [-0.3, -0.25) is 4.79 Å². The molecule has 0 aliphatic rings. The monoisotopic (exact) mass is 181 g/mol. The van der Waals surface area contributed by atoms with Crippen molar-refractivity contribution in [2.45, 2.75) is 45.6 Å². The summed E-state index contributed by atoms with van der Waals surface area (Å²) < 4.78 is 0. The van der Waals surface area contributed by atoms with E-state index in [9.17, 15) is 4.79 Å². The second-order valence-corrected chi connectivity index (χ2v) is 3.71. The molecular weight excluding hydrogens is 162 g/mol. The maximum absolute atomic E-state index is 11.3. The molecule has 0 aromatic carbocycles. The number of nitrogens with two attached hydrogens (primary N) is 1. The molecule has 74 valence electrons. The minimum Gasteiger partial charge on any atom is -0.327 e. The summed E-state index contributed by atoms with van der Waals surface area (Å²) in [6.07, 6.45) is 7.62. The standard InChI is InChI=1S/C11H19NO/c1-4-5-6-7-10(13)8-11(12)9(2)3/h1,9,11H,5-8,12H2,2-3H3. The topological polar surface area (TPSA) is 43.1 Å². The van der Waals surface area contributed by atoms with E-state index in [1.165, 1.54) is 0 Å². The van der Waals surface area contributed by atoms with Crippen LogP contribution in [0.2, 0.25) is 0 Å². The van der Waals surface area contributed by atoms with Crippen molar-refractivity contribution in [3.63, 3.8) is 0 Å². The van der Waals surface area contributed by atoms with Crippen molar-refractivity contribution in [2.75, 3.05) is 0 Å². The number of ketones is 1. The van der Waals surface area contributed by atoms with Crippen molar-refractivity contribution < 1.29 is 4.79 Å². The molecule has 0 radical (unpaired) electrons. The average Bonchev–Trinajstić information content (AvgIpc) is 2.04. The molecule has 1 atom stereocenters. The molecule has 0 saturated carbocycles. The quantitative estimate of drug-likeness (QED) is 0.501. The largest absolute Gasteiger partial charge is 0.327 e. The van der Waals surface area contributed by atoms with Gasteiger partial charge in [-0.2, -0.15) is 0 Å². The zero-order chi connectivity index (χ0) is 10.3. The number of hydrogen-bond donors (Lipinski definition) is 1. The fourth-order valence-corrected chi connectivity index (χ4v) is 0.988. The number of hydrogen-bond acceptors (Lipinski definition) is 2. The summed E-state index contributed by atoms with van der Waals surface area (Å²) in [7, 11) is 0. The van der Waals surface area contributed by atoms with Crippen LogP contribution in [0.1, 0.15) is 39.5 Å². The normalized spacial score (nSPS) is 12.5. The van der Waals surface area contributed by atoms with Gasteiger partial charge >= 0.3 is 0 Å². The van der Waals surface area contributed by atoms with Crippen LogP contribution in [0, 0.1) is 18.3 Å². The first-order chi connectivity index (χ1) is 6.07. The third kappa shape index (κ3) is 6.36. The van der Waals surface area contributed by atoms with Gasteiger partial charge in [0.2, 0.25) is 0 Å². The van der Waals surface area contributed by atoms with Crippen LogP contribution in [0.5, 0.6) is 0 Å². The Balaban J connectivity index is 3.57. The highest BCUT2D eigenvalue weighted by Gasteiger charge is 2.11. The smallest absolute Gasteiger partial charge is 0.134 e. The number of unbranched alkanes of at least 4 members (excludes halogenated alkanes) is 1. The summed E-state index contributed by atoms with van der Waals surface area (Å²) in [5.74, 6) is 3.12. The lowest BCUT2D eigenvalue weighted by molar-refractivity contribution is -0.119. The van der Waals surface area contributed by atoms with Crippen molar-refractivity contribution in [1.29, 1.82) is 0 Å². The SMILES string of the molecule is C#CCCCC(=O)CC(N)C(C)C. The van der Waals surface area contributed by atoms with Crippen LogP contribution in [0.3, 0.4) is 0 Å². The molecule has 1 unspecified atom stereocenters. The van der Waals surface area contributed by atoms with E-state index in [0.717, 1.165) is 6.42 Å². The molecule has 2 heteroatoms. The van der Waals surface area contributed by atoms with E-state index in [4.69, 9.17) is 12.2 Å². The van der Waals surface area contributed by atoms with Gasteiger partial charge in [-0.1, -0.05) is 13.8 Å². The molecule has 2 N–H and O–H groups in total. The molecule has 0 aliphatic carbocycles. The first-order valence-electron chi connectivity index (χ1n) is 4.78. The fraction of sp³-hybridized carbons (Fsp3) is 0.727. The van der Waals surface area contributed by atoms with Crippen LogP contribution in [0.4, 0.5) is 0 Å². The third-order valence-electron chi connectivity index (χ3n) is 2.10. The first-order valence-corrected chi connectivity index (χ1v) is 4.78. The van der Waals surface area contributed by atoms with Gasteiger partial charge in [0.1, 0.15) is 5.78 Å². The van der Waals surface area contributed by atoms with Crippen molar-refractivity contribution in [3.05, 3.63) is 0 Å². The Kier molecular flexibility index (Phi) is 6.26. The van der Waals surface area contributed by atoms with E-state index in [2.05, 4.69) is 5.92 Å². The summed E-state index contributed by atoms with van der Waals surface area (Å²) in [5.41, 5.74) is 5.76. The summed E-state index contributed by atoms with van der Waals surface area (Å²) in [6, 6.07) is -0.00154. The van der Waals surface area contributed by atoms with Crippen molar-refractivity contribution in [2.24, 2.45) is 11.7 Å². The Morgan fingerprint density at radius 3 is 2.62 bits per heavy atom. The van der Waals surface area contributed by atoms with Crippen molar-refractivity contribution in [3.8, 4) is 12.3 Å². The molecular formula is C11H19NO. The maximum Gasteiger partial charge on any atom is 0.134 e. The summed E-state index contributed by atoms with van der Waals surface area (Å²) in [5, 5.41) is 0. The van der Waals surface area contributed by atoms with Crippen LogP contribution in [-0.2, 0) is 4.79 Å². The van der Waals surface area contributed by atoms with Crippen LogP contribution in [-0.4, -0.2) is 11.8 Å². The zero-order valence-corrected chi connectivity index (χ0v) is 8.55. The third-order valence-corrected chi connectivity index (χ3v) is 2.10. The molecule has 0 spiro atoms. The highest BCUT2D eigenvalue weighted by atomic mass is 16.1. The Morgan fingerprint density at radius 2 is 2.15 bits per heavy atom. The van der Waals surface area contributed by atoms with E-state index >= 15 is 0 Å². The average molecular weight is 181 g/mol.